The van der Waals surface area contributed by atoms with Gasteiger partial charge in [0.05, 0.1) is 24.1 Å². The Kier molecular flexibility index (Phi) is 5.54. The summed E-state index contributed by atoms with van der Waals surface area (Å²) in [5.41, 5.74) is 3.60. The molecule has 1 atom stereocenters. The minimum Gasteiger partial charge on any atom is -0.497 e. The molecule has 5 rings (SSSR count). The molecule has 0 spiro atoms. The summed E-state index contributed by atoms with van der Waals surface area (Å²) in [6.07, 6.45) is 0.640. The standard InChI is InChI=1S/C27H22BrNO4/c1-16-6-11-22-21(14-16)25(30)23-24(18-4-3-5-19(28)15-18)29(27(31)26(23)33-22)13-12-17-7-9-20(32-2)10-8-17/h3-11,14-15,24H,12-13H2,1-2H3. The van der Waals surface area contributed by atoms with E-state index >= 15 is 0 Å². The number of hydrogen-bond donors (Lipinski definition) is 0. The van der Waals surface area contributed by atoms with Gasteiger partial charge in [0.15, 0.2) is 5.43 Å². The highest BCUT2D eigenvalue weighted by atomic mass is 79.9. The van der Waals surface area contributed by atoms with Crippen molar-refractivity contribution in [3.8, 4) is 5.75 Å². The summed E-state index contributed by atoms with van der Waals surface area (Å²) >= 11 is 3.52. The van der Waals surface area contributed by atoms with Crippen LogP contribution in [0.15, 0.2) is 80.4 Å². The Morgan fingerprint density at radius 1 is 1.03 bits per heavy atom. The number of carbonyl (C=O) groups is 1. The third-order valence-electron chi connectivity index (χ3n) is 6.09. The van der Waals surface area contributed by atoms with Crippen LogP contribution in [0.3, 0.4) is 0 Å². The molecule has 0 bridgehead atoms. The second-order valence-corrected chi connectivity index (χ2v) is 9.14. The first kappa shape index (κ1) is 21.5. The predicted octanol–water partition coefficient (Wildman–Crippen LogP) is 5.66. The number of benzene rings is 3. The van der Waals surface area contributed by atoms with E-state index in [-0.39, 0.29) is 17.1 Å². The lowest BCUT2D eigenvalue weighted by atomic mass is 9.98. The molecule has 1 aliphatic heterocycles. The molecular weight excluding hydrogens is 482 g/mol. The van der Waals surface area contributed by atoms with E-state index in [0.29, 0.717) is 29.5 Å². The van der Waals surface area contributed by atoms with Crippen LogP contribution in [-0.2, 0) is 6.42 Å². The van der Waals surface area contributed by atoms with E-state index in [1.54, 1.807) is 18.1 Å². The summed E-state index contributed by atoms with van der Waals surface area (Å²) in [5.74, 6) is 0.659. The van der Waals surface area contributed by atoms with Gasteiger partial charge in [0.1, 0.15) is 11.3 Å². The highest BCUT2D eigenvalue weighted by Gasteiger charge is 2.42. The average Bonchev–Trinajstić information content (AvgIpc) is 3.10. The van der Waals surface area contributed by atoms with Crippen molar-refractivity contribution in [1.29, 1.82) is 0 Å². The van der Waals surface area contributed by atoms with Crippen molar-refractivity contribution in [2.75, 3.05) is 13.7 Å². The fourth-order valence-electron chi connectivity index (χ4n) is 4.43. The second-order valence-electron chi connectivity index (χ2n) is 8.23. The number of carbonyl (C=O) groups excluding carboxylic acids is 1. The number of hydrogen-bond acceptors (Lipinski definition) is 4. The third kappa shape index (κ3) is 3.85. The molecule has 6 heteroatoms. The molecule has 1 amide bonds. The van der Waals surface area contributed by atoms with Crippen LogP contribution in [0, 0.1) is 6.92 Å². The minimum atomic E-state index is -0.510. The molecule has 33 heavy (non-hydrogen) atoms. The number of aryl methyl sites for hydroxylation is 1. The molecule has 5 nitrogen and oxygen atoms in total. The molecule has 0 saturated carbocycles. The SMILES string of the molecule is COc1ccc(CCN2C(=O)c3oc4ccc(C)cc4c(=O)c3C2c2cccc(Br)c2)cc1. The van der Waals surface area contributed by atoms with Crippen LogP contribution >= 0.6 is 15.9 Å². The molecule has 0 radical (unpaired) electrons. The Balaban J connectivity index is 1.61. The Morgan fingerprint density at radius 3 is 2.55 bits per heavy atom. The Morgan fingerprint density at radius 2 is 1.82 bits per heavy atom. The predicted molar refractivity (Wildman–Crippen MR) is 131 cm³/mol. The smallest absolute Gasteiger partial charge is 0.290 e. The summed E-state index contributed by atoms with van der Waals surface area (Å²) < 4.78 is 12.1. The van der Waals surface area contributed by atoms with Gasteiger partial charge in [0, 0.05) is 11.0 Å². The molecule has 0 N–H and O–H groups in total. The Bertz CT molecular complexity index is 1420. The monoisotopic (exact) mass is 503 g/mol. The first-order valence-electron chi connectivity index (χ1n) is 10.7. The van der Waals surface area contributed by atoms with E-state index in [2.05, 4.69) is 15.9 Å². The number of rotatable bonds is 5. The first-order valence-corrected chi connectivity index (χ1v) is 11.5. The minimum absolute atomic E-state index is 0.135. The largest absolute Gasteiger partial charge is 0.497 e. The van der Waals surface area contributed by atoms with Crippen LogP contribution in [0.2, 0.25) is 0 Å². The van der Waals surface area contributed by atoms with Crippen molar-refractivity contribution in [1.82, 2.24) is 4.90 Å². The van der Waals surface area contributed by atoms with Gasteiger partial charge in [-0.2, -0.15) is 0 Å². The lowest BCUT2D eigenvalue weighted by Crippen LogP contribution is -2.31. The average molecular weight is 504 g/mol. The Labute approximate surface area is 199 Å². The molecule has 2 heterocycles. The molecule has 1 aromatic heterocycles. The number of methoxy groups -OCH3 is 1. The topological polar surface area (TPSA) is 59.8 Å². The lowest BCUT2D eigenvalue weighted by Gasteiger charge is -2.25. The number of ether oxygens (including phenoxy) is 1. The lowest BCUT2D eigenvalue weighted by molar-refractivity contribution is 0.0730. The van der Waals surface area contributed by atoms with Gasteiger partial charge in [-0.1, -0.05) is 51.8 Å². The van der Waals surface area contributed by atoms with Crippen molar-refractivity contribution in [2.45, 2.75) is 19.4 Å². The van der Waals surface area contributed by atoms with Crippen LogP contribution in [0.4, 0.5) is 0 Å². The molecule has 1 aliphatic rings. The zero-order valence-electron chi connectivity index (χ0n) is 18.3. The fourth-order valence-corrected chi connectivity index (χ4v) is 4.85. The quantitative estimate of drug-likeness (QED) is 0.352. The van der Waals surface area contributed by atoms with Crippen LogP contribution in [0.25, 0.3) is 11.0 Å². The Hall–Kier alpha value is -3.38. The zero-order valence-corrected chi connectivity index (χ0v) is 19.9. The molecular formula is C27H22BrNO4. The molecule has 166 valence electrons. The molecule has 1 unspecified atom stereocenters. The number of amides is 1. The van der Waals surface area contributed by atoms with E-state index < -0.39 is 6.04 Å². The van der Waals surface area contributed by atoms with E-state index in [1.165, 1.54) is 0 Å². The van der Waals surface area contributed by atoms with Gasteiger partial charge < -0.3 is 14.1 Å². The maximum absolute atomic E-state index is 13.6. The second kappa shape index (κ2) is 8.52. The molecule has 0 aliphatic carbocycles. The van der Waals surface area contributed by atoms with Gasteiger partial charge in [-0.3, -0.25) is 9.59 Å². The van der Waals surface area contributed by atoms with Gasteiger partial charge in [-0.05, 0) is 60.9 Å². The highest BCUT2D eigenvalue weighted by Crippen LogP contribution is 2.39. The van der Waals surface area contributed by atoms with E-state index in [0.717, 1.165) is 26.9 Å². The van der Waals surface area contributed by atoms with Gasteiger partial charge in [-0.25, -0.2) is 0 Å². The maximum atomic E-state index is 13.6. The summed E-state index contributed by atoms with van der Waals surface area (Å²) in [6, 6.07) is 20.5. The van der Waals surface area contributed by atoms with Crippen molar-refractivity contribution in [3.63, 3.8) is 0 Å². The van der Waals surface area contributed by atoms with E-state index in [1.807, 2.05) is 67.6 Å². The van der Waals surface area contributed by atoms with Crippen LogP contribution < -0.4 is 10.2 Å². The van der Waals surface area contributed by atoms with Crippen molar-refractivity contribution in [3.05, 3.63) is 109 Å². The molecule has 0 saturated heterocycles. The first-order chi connectivity index (χ1) is 16.0. The van der Waals surface area contributed by atoms with Gasteiger partial charge in [0.2, 0.25) is 5.76 Å². The fraction of sp³-hybridized carbons (Fsp3) is 0.185. The molecule has 4 aromatic rings. The van der Waals surface area contributed by atoms with Gasteiger partial charge >= 0.3 is 0 Å². The number of fused-ring (bicyclic) bond motifs is 2. The summed E-state index contributed by atoms with van der Waals surface area (Å²) in [5, 5.41) is 0.499. The zero-order chi connectivity index (χ0) is 23.1. The summed E-state index contributed by atoms with van der Waals surface area (Å²) in [6.45, 7) is 2.38. The summed E-state index contributed by atoms with van der Waals surface area (Å²) in [7, 11) is 1.63. The van der Waals surface area contributed by atoms with Crippen LogP contribution in [0.1, 0.15) is 38.9 Å². The highest BCUT2D eigenvalue weighted by molar-refractivity contribution is 9.10. The van der Waals surface area contributed by atoms with Crippen molar-refractivity contribution >= 4 is 32.8 Å². The van der Waals surface area contributed by atoms with E-state index in [9.17, 15) is 9.59 Å². The third-order valence-corrected chi connectivity index (χ3v) is 6.58. The van der Waals surface area contributed by atoms with Gasteiger partial charge in [0.25, 0.3) is 5.91 Å². The number of nitrogens with zero attached hydrogens (tertiary/aromatic N) is 1. The normalized spacial score (nSPS) is 15.2. The molecule has 3 aromatic carbocycles. The van der Waals surface area contributed by atoms with E-state index in [4.69, 9.17) is 9.15 Å². The number of halogens is 1. The van der Waals surface area contributed by atoms with Gasteiger partial charge in [-0.15, -0.1) is 0 Å². The molecule has 0 fully saturated rings. The van der Waals surface area contributed by atoms with Crippen LogP contribution in [-0.4, -0.2) is 24.5 Å². The van der Waals surface area contributed by atoms with Crippen molar-refractivity contribution < 1.29 is 13.9 Å². The summed E-state index contributed by atoms with van der Waals surface area (Å²) in [4.78, 5) is 28.9. The maximum Gasteiger partial charge on any atom is 0.290 e. The van der Waals surface area contributed by atoms with Crippen molar-refractivity contribution in [2.24, 2.45) is 0 Å². The van der Waals surface area contributed by atoms with Crippen LogP contribution in [0.5, 0.6) is 5.75 Å².